The van der Waals surface area contributed by atoms with Crippen LogP contribution in [-0.2, 0) is 20.7 Å². The van der Waals surface area contributed by atoms with Gasteiger partial charge in [-0.3, -0.25) is 9.59 Å². The van der Waals surface area contributed by atoms with Crippen molar-refractivity contribution in [1.82, 2.24) is 5.32 Å². The van der Waals surface area contributed by atoms with Crippen LogP contribution in [0.25, 0.3) is 0 Å². The van der Waals surface area contributed by atoms with E-state index in [4.69, 9.17) is 4.74 Å². The number of carbonyl (C=O) groups is 3. The highest BCUT2D eigenvalue weighted by molar-refractivity contribution is 5.96. The molecule has 0 saturated heterocycles. The van der Waals surface area contributed by atoms with Gasteiger partial charge in [0.15, 0.2) is 6.61 Å². The third-order valence-corrected chi connectivity index (χ3v) is 4.91. The van der Waals surface area contributed by atoms with Crippen LogP contribution in [0, 0.1) is 5.92 Å². The van der Waals surface area contributed by atoms with Gasteiger partial charge in [0, 0.05) is 11.6 Å². The van der Waals surface area contributed by atoms with Crippen molar-refractivity contribution in [2.75, 3.05) is 11.9 Å². The molecule has 1 fully saturated rings. The van der Waals surface area contributed by atoms with Crippen LogP contribution in [-0.4, -0.2) is 24.4 Å². The first-order valence-electron chi connectivity index (χ1n) is 9.92. The van der Waals surface area contributed by atoms with Gasteiger partial charge in [-0.05, 0) is 55.5 Å². The Morgan fingerprint density at radius 3 is 2.48 bits per heavy atom. The zero-order chi connectivity index (χ0) is 20.8. The predicted octanol–water partition coefficient (Wildman–Crippen LogP) is 3.63. The van der Waals surface area contributed by atoms with E-state index in [9.17, 15) is 14.4 Å². The first-order chi connectivity index (χ1) is 14.0. The lowest BCUT2D eigenvalue weighted by molar-refractivity contribution is -0.124. The second kappa shape index (κ2) is 9.37. The molecular weight excluding hydrogens is 368 g/mol. The highest BCUT2D eigenvalue weighted by Gasteiger charge is 2.29. The number of hydrogen-bond acceptors (Lipinski definition) is 4. The van der Waals surface area contributed by atoms with Gasteiger partial charge < -0.3 is 15.4 Å². The molecule has 3 rings (SSSR count). The van der Waals surface area contributed by atoms with Crippen LogP contribution >= 0.6 is 0 Å². The van der Waals surface area contributed by atoms with Crippen molar-refractivity contribution in [3.63, 3.8) is 0 Å². The summed E-state index contributed by atoms with van der Waals surface area (Å²) < 4.78 is 5.12. The lowest BCUT2D eigenvalue weighted by Gasteiger charge is -2.15. The van der Waals surface area contributed by atoms with Crippen molar-refractivity contribution in [2.45, 2.75) is 39.2 Å². The monoisotopic (exact) mass is 394 g/mol. The number of benzene rings is 2. The molecule has 6 heteroatoms. The summed E-state index contributed by atoms with van der Waals surface area (Å²) >= 11 is 0. The van der Waals surface area contributed by atoms with Crippen LogP contribution in [0.15, 0.2) is 48.5 Å². The summed E-state index contributed by atoms with van der Waals surface area (Å²) in [5.41, 5.74) is 3.05. The van der Waals surface area contributed by atoms with Crippen LogP contribution in [0.5, 0.6) is 0 Å². The summed E-state index contributed by atoms with van der Waals surface area (Å²) in [5.74, 6) is -0.934. The Bertz CT molecular complexity index is 888. The van der Waals surface area contributed by atoms with Crippen LogP contribution < -0.4 is 10.6 Å². The number of carbonyl (C=O) groups excluding carboxylic acids is 3. The zero-order valence-corrected chi connectivity index (χ0v) is 16.7. The molecule has 0 radical (unpaired) electrons. The molecule has 0 aliphatic heterocycles. The van der Waals surface area contributed by atoms with E-state index in [0.717, 1.165) is 24.8 Å². The van der Waals surface area contributed by atoms with E-state index < -0.39 is 5.97 Å². The van der Waals surface area contributed by atoms with E-state index in [2.05, 4.69) is 17.6 Å². The van der Waals surface area contributed by atoms with Gasteiger partial charge >= 0.3 is 5.97 Å². The van der Waals surface area contributed by atoms with Crippen LogP contribution in [0.3, 0.4) is 0 Å². The second-order valence-corrected chi connectivity index (χ2v) is 7.30. The molecule has 29 heavy (non-hydrogen) atoms. The number of aryl methyl sites for hydroxylation is 1. The minimum absolute atomic E-state index is 0.0316. The Morgan fingerprint density at radius 1 is 1.10 bits per heavy atom. The molecule has 0 spiro atoms. The van der Waals surface area contributed by atoms with Crippen molar-refractivity contribution in [1.29, 1.82) is 0 Å². The van der Waals surface area contributed by atoms with Gasteiger partial charge in [-0.25, -0.2) is 4.79 Å². The maximum Gasteiger partial charge on any atom is 0.338 e. The topological polar surface area (TPSA) is 84.5 Å². The fourth-order valence-corrected chi connectivity index (χ4v) is 2.94. The Morgan fingerprint density at radius 2 is 1.83 bits per heavy atom. The average Bonchev–Trinajstić information content (AvgIpc) is 3.57. The van der Waals surface area contributed by atoms with E-state index in [1.54, 1.807) is 24.3 Å². The molecule has 1 aliphatic rings. The number of ether oxygens (including phenoxy) is 1. The van der Waals surface area contributed by atoms with Gasteiger partial charge in [-0.2, -0.15) is 0 Å². The molecule has 6 nitrogen and oxygen atoms in total. The van der Waals surface area contributed by atoms with Gasteiger partial charge in [0.2, 0.25) is 5.91 Å². The summed E-state index contributed by atoms with van der Waals surface area (Å²) in [7, 11) is 0. The quantitative estimate of drug-likeness (QED) is 0.670. The van der Waals surface area contributed by atoms with E-state index in [-0.39, 0.29) is 35.9 Å². The molecule has 2 aromatic rings. The number of hydrogen-bond donors (Lipinski definition) is 2. The Hall–Kier alpha value is -3.15. The van der Waals surface area contributed by atoms with Crippen LogP contribution in [0.4, 0.5) is 5.69 Å². The molecule has 2 amide bonds. The number of esters is 1. The van der Waals surface area contributed by atoms with Crippen LogP contribution in [0.1, 0.15) is 54.2 Å². The maximum atomic E-state index is 12.2. The lowest BCUT2D eigenvalue weighted by Crippen LogP contribution is -2.31. The molecule has 0 aromatic heterocycles. The third-order valence-electron chi connectivity index (χ3n) is 4.91. The minimum Gasteiger partial charge on any atom is -0.452 e. The molecule has 1 atom stereocenters. The van der Waals surface area contributed by atoms with Crippen molar-refractivity contribution in [3.8, 4) is 0 Å². The van der Waals surface area contributed by atoms with E-state index in [1.165, 1.54) is 5.56 Å². The van der Waals surface area contributed by atoms with Gasteiger partial charge in [0.25, 0.3) is 5.91 Å². The number of nitrogens with one attached hydrogen (secondary N) is 2. The van der Waals surface area contributed by atoms with Crippen molar-refractivity contribution >= 4 is 23.5 Å². The Labute approximate surface area is 170 Å². The molecule has 2 aromatic carbocycles. The molecule has 0 bridgehead atoms. The molecule has 152 valence electrons. The van der Waals surface area contributed by atoms with E-state index in [0.29, 0.717) is 5.69 Å². The first kappa shape index (κ1) is 20.6. The SMILES string of the molecule is CCc1ccc(C(C)NC(=O)COC(=O)c2cccc(NC(=O)C3CC3)c2)cc1. The summed E-state index contributed by atoms with van der Waals surface area (Å²) in [6, 6.07) is 14.4. The highest BCUT2D eigenvalue weighted by Crippen LogP contribution is 2.30. The van der Waals surface area contributed by atoms with Crippen molar-refractivity contribution in [3.05, 3.63) is 65.2 Å². The van der Waals surface area contributed by atoms with Gasteiger partial charge in [0.1, 0.15) is 0 Å². The number of amides is 2. The van der Waals surface area contributed by atoms with Gasteiger partial charge in [-0.15, -0.1) is 0 Å². The highest BCUT2D eigenvalue weighted by atomic mass is 16.5. The molecule has 2 N–H and O–H groups in total. The van der Waals surface area contributed by atoms with E-state index >= 15 is 0 Å². The van der Waals surface area contributed by atoms with Gasteiger partial charge in [0.05, 0.1) is 11.6 Å². The largest absolute Gasteiger partial charge is 0.452 e. The number of rotatable bonds is 8. The summed E-state index contributed by atoms with van der Waals surface area (Å²) in [6.45, 7) is 3.60. The smallest absolute Gasteiger partial charge is 0.338 e. The maximum absolute atomic E-state index is 12.2. The molecule has 0 heterocycles. The zero-order valence-electron chi connectivity index (χ0n) is 16.7. The third kappa shape index (κ3) is 5.91. The van der Waals surface area contributed by atoms with Crippen molar-refractivity contribution in [2.24, 2.45) is 5.92 Å². The number of anilines is 1. The predicted molar refractivity (Wildman–Crippen MR) is 110 cm³/mol. The summed E-state index contributed by atoms with van der Waals surface area (Å²) in [5, 5.41) is 5.61. The molecule has 1 saturated carbocycles. The van der Waals surface area contributed by atoms with Crippen molar-refractivity contribution < 1.29 is 19.1 Å². The standard InChI is InChI=1S/C23H26N2O4/c1-3-16-7-9-17(10-8-16)15(2)24-21(26)14-29-23(28)19-5-4-6-20(13-19)25-22(27)18-11-12-18/h4-10,13,15,18H,3,11-12,14H2,1-2H3,(H,24,26)(H,25,27). The minimum atomic E-state index is -0.609. The molecule has 1 unspecified atom stereocenters. The fourth-order valence-electron chi connectivity index (χ4n) is 2.94. The first-order valence-corrected chi connectivity index (χ1v) is 9.92. The fraction of sp³-hybridized carbons (Fsp3) is 0.348. The Balaban J connectivity index is 1.49. The molecular formula is C23H26N2O4. The Kier molecular flexibility index (Phi) is 6.65. The average molecular weight is 394 g/mol. The van der Waals surface area contributed by atoms with E-state index in [1.807, 2.05) is 31.2 Å². The van der Waals surface area contributed by atoms with Gasteiger partial charge in [-0.1, -0.05) is 37.3 Å². The normalized spacial score (nSPS) is 14.0. The summed E-state index contributed by atoms with van der Waals surface area (Å²) in [6.07, 6.45) is 2.77. The second-order valence-electron chi connectivity index (χ2n) is 7.30. The van der Waals surface area contributed by atoms with Crippen LogP contribution in [0.2, 0.25) is 0 Å². The lowest BCUT2D eigenvalue weighted by atomic mass is 10.1. The summed E-state index contributed by atoms with van der Waals surface area (Å²) in [4.78, 5) is 36.2. The molecule has 1 aliphatic carbocycles.